The Labute approximate surface area is 127 Å². The molecule has 1 unspecified atom stereocenters. The molecule has 0 saturated carbocycles. The van der Waals surface area contributed by atoms with E-state index >= 15 is 0 Å². The third-order valence-corrected chi connectivity index (χ3v) is 3.38. The predicted octanol–water partition coefficient (Wildman–Crippen LogP) is 3.26. The van der Waals surface area contributed by atoms with Crippen molar-refractivity contribution in [2.24, 2.45) is 0 Å². The Hall–Kier alpha value is -2.02. The van der Waals surface area contributed by atoms with Gasteiger partial charge in [0.25, 0.3) is 5.91 Å². The van der Waals surface area contributed by atoms with Gasteiger partial charge in [-0.05, 0) is 37.0 Å². The van der Waals surface area contributed by atoms with Crippen LogP contribution in [0.3, 0.4) is 0 Å². The van der Waals surface area contributed by atoms with E-state index < -0.39 is 6.10 Å². The van der Waals surface area contributed by atoms with Gasteiger partial charge >= 0.3 is 0 Å². The van der Waals surface area contributed by atoms with Crippen molar-refractivity contribution in [3.05, 3.63) is 29.3 Å². The van der Waals surface area contributed by atoms with Crippen LogP contribution in [-0.4, -0.2) is 30.5 Å². The second kappa shape index (κ2) is 7.68. The molecule has 0 fully saturated rings. The van der Waals surface area contributed by atoms with Gasteiger partial charge in [-0.1, -0.05) is 26.0 Å². The number of nitrogens with zero attached hydrogens (tertiary/aromatic N) is 2. The molecular weight excluding hydrogens is 264 g/mol. The zero-order valence-electron chi connectivity index (χ0n) is 13.5. The van der Waals surface area contributed by atoms with Crippen molar-refractivity contribution in [2.45, 2.75) is 46.1 Å². The van der Waals surface area contributed by atoms with Crippen LogP contribution < -0.4 is 4.74 Å². The number of rotatable bonds is 6. The monoisotopic (exact) mass is 288 g/mol. The number of carbonyl (C=O) groups is 1. The summed E-state index contributed by atoms with van der Waals surface area (Å²) >= 11 is 0. The Bertz CT molecular complexity index is 532. The molecule has 1 atom stereocenters. The topological polar surface area (TPSA) is 53.3 Å². The van der Waals surface area contributed by atoms with Crippen LogP contribution >= 0.6 is 0 Å². The molecule has 1 rings (SSSR count). The Kier molecular flexibility index (Phi) is 6.23. The molecule has 0 saturated heterocycles. The molecule has 0 spiro atoms. The highest BCUT2D eigenvalue weighted by molar-refractivity contribution is 5.80. The minimum atomic E-state index is -0.562. The van der Waals surface area contributed by atoms with Gasteiger partial charge < -0.3 is 9.64 Å². The van der Waals surface area contributed by atoms with Crippen molar-refractivity contribution < 1.29 is 9.53 Å². The van der Waals surface area contributed by atoms with Gasteiger partial charge in [0.05, 0.1) is 12.5 Å². The van der Waals surface area contributed by atoms with E-state index in [1.807, 2.05) is 31.2 Å². The molecule has 0 aliphatic rings. The SMILES string of the molecule is Cc1ccc(C(C)C)c(OC(C)C(=O)N(C)CCC#N)c1. The van der Waals surface area contributed by atoms with Crippen LogP contribution in [0.4, 0.5) is 0 Å². The molecule has 0 aliphatic carbocycles. The van der Waals surface area contributed by atoms with E-state index in [1.54, 1.807) is 18.9 Å². The summed E-state index contributed by atoms with van der Waals surface area (Å²) in [5.74, 6) is 0.986. The minimum absolute atomic E-state index is 0.110. The number of hydrogen-bond acceptors (Lipinski definition) is 3. The Morgan fingerprint density at radius 3 is 2.62 bits per heavy atom. The van der Waals surface area contributed by atoms with Gasteiger partial charge in [0, 0.05) is 13.6 Å². The maximum atomic E-state index is 12.2. The van der Waals surface area contributed by atoms with Crippen LogP contribution in [0.5, 0.6) is 5.75 Å². The molecule has 0 bridgehead atoms. The molecule has 21 heavy (non-hydrogen) atoms. The fourth-order valence-electron chi connectivity index (χ4n) is 2.10. The molecule has 4 nitrogen and oxygen atoms in total. The second-order valence-electron chi connectivity index (χ2n) is 5.62. The fourth-order valence-corrected chi connectivity index (χ4v) is 2.10. The van der Waals surface area contributed by atoms with E-state index in [1.165, 1.54) is 0 Å². The molecule has 4 heteroatoms. The largest absolute Gasteiger partial charge is 0.481 e. The highest BCUT2D eigenvalue weighted by Gasteiger charge is 2.20. The van der Waals surface area contributed by atoms with Gasteiger partial charge in [-0.15, -0.1) is 0 Å². The van der Waals surface area contributed by atoms with Crippen LogP contribution in [0.15, 0.2) is 18.2 Å². The summed E-state index contributed by atoms with van der Waals surface area (Å²) in [7, 11) is 1.69. The van der Waals surface area contributed by atoms with E-state index in [2.05, 4.69) is 13.8 Å². The summed E-state index contributed by atoms with van der Waals surface area (Å²) in [5, 5.41) is 8.58. The van der Waals surface area contributed by atoms with Gasteiger partial charge in [-0.3, -0.25) is 4.79 Å². The lowest BCUT2D eigenvalue weighted by Crippen LogP contribution is -2.38. The number of carbonyl (C=O) groups excluding carboxylic acids is 1. The lowest BCUT2D eigenvalue weighted by molar-refractivity contribution is -0.136. The normalized spacial score (nSPS) is 11.9. The van der Waals surface area contributed by atoms with Gasteiger partial charge in [0.15, 0.2) is 6.10 Å². The quantitative estimate of drug-likeness (QED) is 0.807. The zero-order valence-corrected chi connectivity index (χ0v) is 13.5. The van der Waals surface area contributed by atoms with E-state index in [4.69, 9.17) is 10.00 Å². The standard InChI is InChI=1S/C17H24N2O2/c1-12(2)15-8-7-13(3)11-16(15)21-14(4)17(20)19(5)10-6-9-18/h7-8,11-12,14H,6,10H2,1-5H3. The maximum Gasteiger partial charge on any atom is 0.263 e. The van der Waals surface area contributed by atoms with Gasteiger partial charge in [-0.25, -0.2) is 0 Å². The molecule has 0 heterocycles. The average molecular weight is 288 g/mol. The molecule has 0 aromatic heterocycles. The Balaban J connectivity index is 2.83. The van der Waals surface area contributed by atoms with Crippen molar-refractivity contribution >= 4 is 5.91 Å². The number of likely N-dealkylation sites (N-methyl/N-ethyl adjacent to an activating group) is 1. The molecule has 1 amide bonds. The first kappa shape index (κ1) is 17.0. The zero-order chi connectivity index (χ0) is 16.0. The molecule has 1 aromatic rings. The maximum absolute atomic E-state index is 12.2. The minimum Gasteiger partial charge on any atom is -0.481 e. The average Bonchev–Trinajstić information content (AvgIpc) is 2.43. The Morgan fingerprint density at radius 1 is 1.38 bits per heavy atom. The van der Waals surface area contributed by atoms with Crippen molar-refractivity contribution in [1.29, 1.82) is 5.26 Å². The van der Waals surface area contributed by atoms with E-state index in [0.29, 0.717) is 18.9 Å². The summed E-state index contributed by atoms with van der Waals surface area (Å²) < 4.78 is 5.88. The number of nitriles is 1. The number of aryl methyl sites for hydroxylation is 1. The third kappa shape index (κ3) is 4.78. The summed E-state index contributed by atoms with van der Waals surface area (Å²) in [4.78, 5) is 13.8. The van der Waals surface area contributed by atoms with Gasteiger partial charge in [-0.2, -0.15) is 5.26 Å². The highest BCUT2D eigenvalue weighted by Crippen LogP contribution is 2.28. The van der Waals surface area contributed by atoms with Crippen molar-refractivity contribution in [2.75, 3.05) is 13.6 Å². The highest BCUT2D eigenvalue weighted by atomic mass is 16.5. The lowest BCUT2D eigenvalue weighted by Gasteiger charge is -2.23. The van der Waals surface area contributed by atoms with Crippen LogP contribution in [0.1, 0.15) is 44.2 Å². The van der Waals surface area contributed by atoms with Crippen LogP contribution in [0.2, 0.25) is 0 Å². The first-order valence-electron chi connectivity index (χ1n) is 7.26. The molecule has 0 aliphatic heterocycles. The molecular formula is C17H24N2O2. The van der Waals surface area contributed by atoms with E-state index in [9.17, 15) is 4.79 Å². The van der Waals surface area contributed by atoms with Crippen molar-refractivity contribution in [3.8, 4) is 11.8 Å². The molecule has 1 aromatic carbocycles. The third-order valence-electron chi connectivity index (χ3n) is 3.38. The van der Waals surface area contributed by atoms with Crippen molar-refractivity contribution in [3.63, 3.8) is 0 Å². The lowest BCUT2D eigenvalue weighted by atomic mass is 10.0. The first-order valence-corrected chi connectivity index (χ1v) is 7.26. The summed E-state index contributed by atoms with van der Waals surface area (Å²) in [6.07, 6.45) is -0.232. The van der Waals surface area contributed by atoms with Gasteiger partial charge in [0.1, 0.15) is 5.75 Å². The van der Waals surface area contributed by atoms with Crippen LogP contribution in [0.25, 0.3) is 0 Å². The first-order chi connectivity index (χ1) is 9.86. The van der Waals surface area contributed by atoms with Gasteiger partial charge in [0.2, 0.25) is 0 Å². The van der Waals surface area contributed by atoms with Crippen molar-refractivity contribution in [1.82, 2.24) is 4.90 Å². The molecule has 114 valence electrons. The van der Waals surface area contributed by atoms with E-state index in [-0.39, 0.29) is 5.91 Å². The smallest absolute Gasteiger partial charge is 0.263 e. The number of amides is 1. The van der Waals surface area contributed by atoms with E-state index in [0.717, 1.165) is 16.9 Å². The number of hydrogen-bond donors (Lipinski definition) is 0. The fraction of sp³-hybridized carbons (Fsp3) is 0.529. The molecule has 0 radical (unpaired) electrons. The summed E-state index contributed by atoms with van der Waals surface area (Å²) in [6.45, 7) is 8.38. The summed E-state index contributed by atoms with van der Waals surface area (Å²) in [6, 6.07) is 8.10. The second-order valence-corrected chi connectivity index (χ2v) is 5.62. The Morgan fingerprint density at radius 2 is 2.05 bits per heavy atom. The number of benzene rings is 1. The predicted molar refractivity (Wildman–Crippen MR) is 83.2 cm³/mol. The van der Waals surface area contributed by atoms with Crippen LogP contribution in [-0.2, 0) is 4.79 Å². The van der Waals surface area contributed by atoms with Crippen LogP contribution in [0, 0.1) is 18.3 Å². The molecule has 0 N–H and O–H groups in total. The number of ether oxygens (including phenoxy) is 1. The summed E-state index contributed by atoms with van der Waals surface area (Å²) in [5.41, 5.74) is 2.20.